The van der Waals surface area contributed by atoms with Crippen molar-refractivity contribution in [1.82, 2.24) is 29.4 Å². The number of rotatable bonds is 8. The highest BCUT2D eigenvalue weighted by molar-refractivity contribution is 5.56. The molecule has 0 aliphatic carbocycles. The molecule has 33 heavy (non-hydrogen) atoms. The Morgan fingerprint density at radius 3 is 2.58 bits per heavy atom. The highest BCUT2D eigenvalue weighted by atomic mass is 16.5. The van der Waals surface area contributed by atoms with Crippen molar-refractivity contribution in [1.29, 1.82) is 5.26 Å². The lowest BCUT2D eigenvalue weighted by atomic mass is 10.1. The summed E-state index contributed by atoms with van der Waals surface area (Å²) in [6, 6.07) is 12.0. The molecule has 0 spiro atoms. The quantitative estimate of drug-likeness (QED) is 0.530. The van der Waals surface area contributed by atoms with E-state index in [1.165, 1.54) is 24.3 Å². The predicted octanol–water partition coefficient (Wildman–Crippen LogP) is 1.79. The van der Waals surface area contributed by atoms with Crippen LogP contribution in [-0.4, -0.2) is 61.8 Å². The maximum atomic E-state index is 9.29. The molecule has 2 aromatic heterocycles. The minimum Gasteiger partial charge on any atom is -0.461 e. The molecule has 170 valence electrons. The van der Waals surface area contributed by atoms with Crippen molar-refractivity contribution in [2.24, 2.45) is 0 Å². The highest BCUT2D eigenvalue weighted by Crippen LogP contribution is 2.18. The largest absolute Gasteiger partial charge is 0.461 e. The Hall–Kier alpha value is -4.07. The van der Waals surface area contributed by atoms with E-state index < -0.39 is 0 Å². The van der Waals surface area contributed by atoms with Gasteiger partial charge in [0, 0.05) is 24.5 Å². The van der Waals surface area contributed by atoms with Crippen LogP contribution in [0.1, 0.15) is 16.7 Å². The second-order valence-corrected chi connectivity index (χ2v) is 7.47. The van der Waals surface area contributed by atoms with Crippen molar-refractivity contribution in [3.8, 4) is 23.5 Å². The van der Waals surface area contributed by atoms with Gasteiger partial charge in [-0.3, -0.25) is 4.98 Å². The lowest BCUT2D eigenvalue weighted by Gasteiger charge is -2.12. The second-order valence-electron chi connectivity index (χ2n) is 7.47. The number of benzene rings is 1. The van der Waals surface area contributed by atoms with Crippen LogP contribution in [0.3, 0.4) is 0 Å². The molecule has 10 heteroatoms. The zero-order valence-corrected chi connectivity index (χ0v) is 18.6. The summed E-state index contributed by atoms with van der Waals surface area (Å²) in [5.74, 6) is 0.569. The Morgan fingerprint density at radius 1 is 1.12 bits per heavy atom. The standard InChI is InChI=1S/C23H26N8O2/c1-30(2)14-17-3-5-18(6-4-17)15-31-16-28-23(33-8-7-32)29-21(25)13-27-22(31)20-9-19(10-24)11-26-12-20/h3-6,9,11-13,16,32H,7-8,14-15,25H2,1-2H3. The minimum atomic E-state index is -0.185. The molecular formula is C23H26N8O2. The second kappa shape index (κ2) is 11.5. The van der Waals surface area contributed by atoms with Gasteiger partial charge in [-0.25, -0.2) is 4.98 Å². The average Bonchev–Trinajstić information content (AvgIpc) is 2.88. The van der Waals surface area contributed by atoms with E-state index in [4.69, 9.17) is 15.6 Å². The molecular weight excluding hydrogens is 420 g/mol. The average molecular weight is 447 g/mol. The number of aliphatic hydroxyl groups excluding tert-OH is 1. The van der Waals surface area contributed by atoms with Crippen molar-refractivity contribution in [2.75, 3.05) is 33.0 Å². The van der Waals surface area contributed by atoms with Gasteiger partial charge in [-0.15, -0.1) is 0 Å². The third-order valence-corrected chi connectivity index (χ3v) is 4.45. The first-order chi connectivity index (χ1) is 16.0. The lowest BCUT2D eigenvalue weighted by Crippen LogP contribution is -2.10. The maximum Gasteiger partial charge on any atom is 0.319 e. The zero-order chi connectivity index (χ0) is 23.6. The third-order valence-electron chi connectivity index (χ3n) is 4.45. The first-order valence-corrected chi connectivity index (χ1v) is 10.2. The Morgan fingerprint density at radius 2 is 1.88 bits per heavy atom. The Kier molecular flexibility index (Phi) is 8.24. The third kappa shape index (κ3) is 6.96. The molecule has 0 amide bonds. The molecule has 10 nitrogen and oxygen atoms in total. The summed E-state index contributed by atoms with van der Waals surface area (Å²) in [4.78, 5) is 19.2. The monoisotopic (exact) mass is 446 g/mol. The van der Waals surface area contributed by atoms with Crippen LogP contribution in [0.4, 0.5) is 5.82 Å². The van der Waals surface area contributed by atoms with E-state index in [0.29, 0.717) is 23.5 Å². The number of hydrogen-bond acceptors (Lipinski definition) is 9. The number of nitrogens with zero attached hydrogens (tertiary/aromatic N) is 7. The zero-order valence-electron chi connectivity index (χ0n) is 18.6. The molecule has 0 atom stereocenters. The molecule has 0 saturated heterocycles. The molecule has 0 unspecified atom stereocenters. The van der Waals surface area contributed by atoms with Crippen molar-refractivity contribution in [2.45, 2.75) is 13.1 Å². The van der Waals surface area contributed by atoms with E-state index in [2.05, 4.69) is 43.0 Å². The van der Waals surface area contributed by atoms with Crippen molar-refractivity contribution in [3.63, 3.8) is 0 Å². The van der Waals surface area contributed by atoms with Crippen LogP contribution in [-0.2, 0) is 13.1 Å². The summed E-state index contributed by atoms with van der Waals surface area (Å²) in [7, 11) is 4.05. The fourth-order valence-corrected chi connectivity index (χ4v) is 3.04. The summed E-state index contributed by atoms with van der Waals surface area (Å²) in [5.41, 5.74) is 9.19. The van der Waals surface area contributed by atoms with Crippen molar-refractivity contribution >= 4 is 5.82 Å². The highest BCUT2D eigenvalue weighted by Gasteiger charge is 2.08. The molecule has 3 rings (SSSR count). The van der Waals surface area contributed by atoms with Gasteiger partial charge in [0.1, 0.15) is 30.6 Å². The van der Waals surface area contributed by atoms with Crippen LogP contribution in [0.2, 0.25) is 0 Å². The Labute approximate surface area is 192 Å². The number of ether oxygens (including phenoxy) is 1. The van der Waals surface area contributed by atoms with Gasteiger partial charge in [-0.1, -0.05) is 24.3 Å². The first kappa shape index (κ1) is 23.6. The number of pyridine rings is 1. The molecule has 3 aromatic rings. The summed E-state index contributed by atoms with van der Waals surface area (Å²) >= 11 is 0. The van der Waals surface area contributed by atoms with Crippen molar-refractivity contribution < 1.29 is 9.84 Å². The van der Waals surface area contributed by atoms with Gasteiger partial charge in [0.25, 0.3) is 0 Å². The molecule has 0 aliphatic rings. The lowest BCUT2D eigenvalue weighted by molar-refractivity contribution is 0.191. The SMILES string of the molecule is CN(C)Cc1ccc(Cn2cnc(OCCO)nc(N)cnc2-c2cncc(C#N)c2)cc1. The summed E-state index contributed by atoms with van der Waals surface area (Å²) in [5, 5.41) is 18.4. The number of nitriles is 1. The number of nitrogen functional groups attached to an aromatic ring is 1. The summed E-state index contributed by atoms with van der Waals surface area (Å²) in [6.45, 7) is 1.12. The van der Waals surface area contributed by atoms with E-state index in [1.54, 1.807) is 16.8 Å². The van der Waals surface area contributed by atoms with E-state index >= 15 is 0 Å². The fourth-order valence-electron chi connectivity index (χ4n) is 3.04. The number of anilines is 1. The van der Waals surface area contributed by atoms with Crippen LogP contribution < -0.4 is 10.5 Å². The van der Waals surface area contributed by atoms with Crippen LogP contribution in [0.15, 0.2) is 55.2 Å². The minimum absolute atomic E-state index is 0.00415. The van der Waals surface area contributed by atoms with Gasteiger partial charge in [-0.2, -0.15) is 15.2 Å². The van der Waals surface area contributed by atoms with Gasteiger partial charge in [-0.05, 0) is 31.3 Å². The smallest absolute Gasteiger partial charge is 0.319 e. The van der Waals surface area contributed by atoms with E-state index in [0.717, 1.165) is 12.1 Å². The Bertz CT molecular complexity index is 1170. The summed E-state index contributed by atoms with van der Waals surface area (Å²) in [6.07, 6.45) is 6.02. The molecule has 2 heterocycles. The molecule has 0 radical (unpaired) electrons. The number of nitrogens with two attached hydrogens (primary N) is 1. The van der Waals surface area contributed by atoms with Gasteiger partial charge >= 0.3 is 6.01 Å². The topological polar surface area (TPSA) is 139 Å². The van der Waals surface area contributed by atoms with Crippen molar-refractivity contribution in [3.05, 3.63) is 71.9 Å². The van der Waals surface area contributed by atoms with E-state index in [1.807, 2.05) is 26.2 Å². The van der Waals surface area contributed by atoms with Gasteiger partial charge in [0.05, 0.1) is 24.9 Å². The van der Waals surface area contributed by atoms with Crippen LogP contribution in [0, 0.1) is 11.3 Å². The summed E-state index contributed by atoms with van der Waals surface area (Å²) < 4.78 is 7.16. The van der Waals surface area contributed by atoms with E-state index in [-0.39, 0.29) is 25.0 Å². The van der Waals surface area contributed by atoms with Crippen LogP contribution >= 0.6 is 0 Å². The number of aromatic nitrogens is 5. The normalized spacial score (nSPS) is 10.5. The predicted molar refractivity (Wildman–Crippen MR) is 123 cm³/mol. The van der Waals surface area contributed by atoms with Gasteiger partial charge < -0.3 is 25.0 Å². The molecule has 0 bridgehead atoms. The van der Waals surface area contributed by atoms with Crippen LogP contribution in [0.5, 0.6) is 6.01 Å². The number of hydrogen-bond donors (Lipinski definition) is 2. The molecule has 1 aromatic carbocycles. The number of aliphatic hydroxyl groups is 1. The van der Waals surface area contributed by atoms with Crippen LogP contribution in [0.25, 0.3) is 11.4 Å². The van der Waals surface area contributed by atoms with Gasteiger partial charge in [0.15, 0.2) is 0 Å². The molecule has 0 aliphatic heterocycles. The maximum absolute atomic E-state index is 9.29. The fraction of sp³-hybridized carbons (Fsp3) is 0.261. The van der Waals surface area contributed by atoms with E-state index in [9.17, 15) is 5.26 Å². The molecule has 3 N–H and O–H groups in total. The molecule has 0 fully saturated rings. The first-order valence-electron chi connectivity index (χ1n) is 10.2. The molecule has 0 saturated carbocycles. The Balaban J connectivity index is 2.11. The van der Waals surface area contributed by atoms with Gasteiger partial charge in [0.2, 0.25) is 0 Å².